The fourth-order valence-corrected chi connectivity index (χ4v) is 5.15. The fraction of sp³-hybridized carbons (Fsp3) is 0.500. The molecule has 0 spiro atoms. The first-order chi connectivity index (χ1) is 17.4. The zero-order valence-electron chi connectivity index (χ0n) is 20.0. The number of nitrogens with zero attached hydrogens (tertiary/aromatic N) is 6. The van der Waals surface area contributed by atoms with Crippen molar-refractivity contribution in [1.82, 2.24) is 34.7 Å². The van der Waals surface area contributed by atoms with Gasteiger partial charge in [-0.25, -0.2) is 15.0 Å². The Morgan fingerprint density at radius 2 is 2.03 bits per heavy atom. The number of aliphatic hydroxyl groups is 1. The van der Waals surface area contributed by atoms with Crippen molar-refractivity contribution in [2.24, 2.45) is 5.92 Å². The Morgan fingerprint density at radius 3 is 2.86 bits per heavy atom. The van der Waals surface area contributed by atoms with Crippen LogP contribution in [-0.2, 0) is 30.7 Å². The van der Waals surface area contributed by atoms with E-state index in [0.29, 0.717) is 86.6 Å². The monoisotopic (exact) mass is 513 g/mol. The van der Waals surface area contributed by atoms with Crippen LogP contribution in [0.3, 0.4) is 0 Å². The van der Waals surface area contributed by atoms with Crippen molar-refractivity contribution in [1.29, 1.82) is 0 Å². The topological polar surface area (TPSA) is 135 Å². The highest BCUT2D eigenvalue weighted by Gasteiger charge is 2.31. The van der Waals surface area contributed by atoms with Gasteiger partial charge in [0.15, 0.2) is 5.65 Å². The van der Waals surface area contributed by atoms with Gasteiger partial charge in [0.1, 0.15) is 22.3 Å². The number of likely N-dealkylation sites (tertiary alicyclic amines) is 1. The average molecular weight is 514 g/mol. The number of methoxy groups -OCH3 is 1. The number of carbonyl (C=O) groups excluding carboxylic acids is 1. The third-order valence-electron chi connectivity index (χ3n) is 6.79. The molecular weight excluding hydrogens is 486 g/mol. The number of β-amino-alcohol motifs (C(OH)–C–C–N with tert-alkyl or cyclic N) is 1. The first-order valence-electron chi connectivity index (χ1n) is 12.0. The van der Waals surface area contributed by atoms with Crippen molar-refractivity contribution in [3.8, 4) is 5.88 Å². The van der Waals surface area contributed by atoms with Crippen molar-refractivity contribution in [2.45, 2.75) is 38.5 Å². The molecular formula is C24H28ClN7O4. The maximum atomic E-state index is 12.5. The maximum absolute atomic E-state index is 12.5. The van der Waals surface area contributed by atoms with Crippen LogP contribution in [0, 0.1) is 5.92 Å². The lowest BCUT2D eigenvalue weighted by Gasteiger charge is -2.18. The normalized spacial score (nSPS) is 20.1. The second-order valence-corrected chi connectivity index (χ2v) is 9.59. The summed E-state index contributed by atoms with van der Waals surface area (Å²) in [5.74, 6) is 1.15. The summed E-state index contributed by atoms with van der Waals surface area (Å²) in [6, 6.07) is 3.48. The molecule has 4 heterocycles. The molecule has 0 amide bonds. The Hall–Kier alpha value is -2.99. The second kappa shape index (κ2) is 10.6. The van der Waals surface area contributed by atoms with Crippen LogP contribution in [0.4, 0.5) is 0 Å². The molecule has 1 aliphatic heterocycles. The molecule has 2 N–H and O–H groups in total. The van der Waals surface area contributed by atoms with E-state index in [1.807, 2.05) is 0 Å². The summed E-state index contributed by atoms with van der Waals surface area (Å²) < 4.78 is 6.78. The van der Waals surface area contributed by atoms with Crippen LogP contribution in [0.5, 0.6) is 5.88 Å². The largest absolute Gasteiger partial charge is 0.481 e. The number of nitrogens with one attached hydrogen (secondary N) is 1. The molecule has 0 bridgehead atoms. The van der Waals surface area contributed by atoms with E-state index in [4.69, 9.17) is 16.3 Å². The lowest BCUT2D eigenvalue weighted by molar-refractivity contribution is -0.118. The molecule has 12 heteroatoms. The van der Waals surface area contributed by atoms with Crippen molar-refractivity contribution in [3.63, 3.8) is 0 Å². The van der Waals surface area contributed by atoms with E-state index in [2.05, 4.69) is 30.2 Å². The Kier molecular flexibility index (Phi) is 7.24. The molecule has 2 atom stereocenters. The van der Waals surface area contributed by atoms with Gasteiger partial charge >= 0.3 is 0 Å². The predicted molar refractivity (Wildman–Crippen MR) is 132 cm³/mol. The number of ether oxygens (including phenoxy) is 1. The number of fused-ring (bicyclic) bond motifs is 2. The number of pyridine rings is 1. The van der Waals surface area contributed by atoms with Crippen LogP contribution < -0.4 is 15.6 Å². The quantitative estimate of drug-likeness (QED) is 0.407. The van der Waals surface area contributed by atoms with Crippen molar-refractivity contribution in [3.05, 3.63) is 50.9 Å². The number of aromatic nitrogens is 5. The molecule has 3 aromatic rings. The molecule has 2 aliphatic rings. The van der Waals surface area contributed by atoms with Crippen LogP contribution in [0.15, 0.2) is 23.1 Å². The summed E-state index contributed by atoms with van der Waals surface area (Å²) in [7, 11) is 1.53. The van der Waals surface area contributed by atoms with Crippen LogP contribution in [0.25, 0.3) is 11.2 Å². The number of carbonyl (C=O) groups is 1. The van der Waals surface area contributed by atoms with Crippen molar-refractivity contribution >= 4 is 28.5 Å². The zero-order valence-corrected chi connectivity index (χ0v) is 20.7. The Labute approximate surface area is 212 Å². The number of ketones is 1. The highest BCUT2D eigenvalue weighted by molar-refractivity contribution is 6.30. The summed E-state index contributed by atoms with van der Waals surface area (Å²) in [6.07, 6.45) is 2.19. The van der Waals surface area contributed by atoms with Crippen LogP contribution in [-0.4, -0.2) is 79.7 Å². The van der Waals surface area contributed by atoms with E-state index in [1.165, 1.54) is 13.3 Å². The van der Waals surface area contributed by atoms with Gasteiger partial charge in [0.25, 0.3) is 5.56 Å². The van der Waals surface area contributed by atoms with Crippen LogP contribution in [0.1, 0.15) is 23.5 Å². The molecule has 0 unspecified atom stereocenters. The Bertz CT molecular complexity index is 1350. The minimum atomic E-state index is -0.493. The number of rotatable bonds is 8. The molecule has 190 valence electrons. The molecule has 1 aliphatic carbocycles. The van der Waals surface area contributed by atoms with Gasteiger partial charge in [-0.15, -0.1) is 0 Å². The first-order valence-corrected chi connectivity index (χ1v) is 12.4. The summed E-state index contributed by atoms with van der Waals surface area (Å²) in [4.78, 5) is 43.8. The second-order valence-electron chi connectivity index (χ2n) is 9.23. The lowest BCUT2D eigenvalue weighted by atomic mass is 9.96. The van der Waals surface area contributed by atoms with Gasteiger partial charge in [-0.05, 0) is 12.5 Å². The van der Waals surface area contributed by atoms with Gasteiger partial charge < -0.3 is 15.2 Å². The Morgan fingerprint density at radius 1 is 1.17 bits per heavy atom. The molecule has 0 radical (unpaired) electrons. The van der Waals surface area contributed by atoms with Gasteiger partial charge in [-0.2, -0.15) is 4.98 Å². The van der Waals surface area contributed by atoms with E-state index in [-0.39, 0.29) is 17.3 Å². The third kappa shape index (κ3) is 5.24. The van der Waals surface area contributed by atoms with Gasteiger partial charge in [-0.1, -0.05) is 11.6 Å². The molecule has 36 heavy (non-hydrogen) atoms. The van der Waals surface area contributed by atoms with Crippen LogP contribution >= 0.6 is 11.6 Å². The SMILES string of the molecule is COc1ccc2ncc(=O)n(CCN3C[C@H](CNCc4nc(Cl)c5c(n4)CC(=O)CC5)[C@H](O)C3)c2n1. The van der Waals surface area contributed by atoms with Gasteiger partial charge in [-0.3, -0.25) is 19.1 Å². The molecule has 3 aromatic heterocycles. The van der Waals surface area contributed by atoms with E-state index in [0.717, 1.165) is 11.3 Å². The van der Waals surface area contributed by atoms with Gasteiger partial charge in [0.2, 0.25) is 5.88 Å². The summed E-state index contributed by atoms with van der Waals surface area (Å²) in [5.41, 5.74) is 2.46. The number of halogens is 1. The fourth-order valence-electron chi connectivity index (χ4n) is 4.85. The van der Waals surface area contributed by atoms with E-state index in [1.54, 1.807) is 16.7 Å². The lowest BCUT2D eigenvalue weighted by Crippen LogP contribution is -2.32. The summed E-state index contributed by atoms with van der Waals surface area (Å²) >= 11 is 6.32. The van der Waals surface area contributed by atoms with Crippen molar-refractivity contribution in [2.75, 3.05) is 33.3 Å². The maximum Gasteiger partial charge on any atom is 0.270 e. The highest BCUT2D eigenvalue weighted by atomic mass is 35.5. The van der Waals surface area contributed by atoms with Gasteiger partial charge in [0.05, 0.1) is 31.6 Å². The number of hydrogen-bond donors (Lipinski definition) is 2. The first kappa shape index (κ1) is 24.7. The minimum absolute atomic E-state index is 0.0174. The number of hydrogen-bond acceptors (Lipinski definition) is 10. The summed E-state index contributed by atoms with van der Waals surface area (Å²) in [5, 5.41) is 14.3. The van der Waals surface area contributed by atoms with E-state index < -0.39 is 6.10 Å². The standard InChI is InChI=1S/C24H28ClN7O4/c1-36-21-5-4-17-24(30-21)32(22(35)11-27-17)7-6-31-12-14(19(34)13-31)9-26-10-20-28-18-8-15(33)2-3-16(18)23(25)29-20/h4-5,11,14,19,26,34H,2-3,6-10,12-13H2,1H3/t14-,19+/m0/s1. The van der Waals surface area contributed by atoms with E-state index in [9.17, 15) is 14.7 Å². The molecule has 0 saturated carbocycles. The molecule has 1 saturated heterocycles. The summed E-state index contributed by atoms with van der Waals surface area (Å²) in [6.45, 7) is 3.18. The molecule has 5 rings (SSSR count). The van der Waals surface area contributed by atoms with Crippen molar-refractivity contribution < 1.29 is 14.6 Å². The van der Waals surface area contributed by atoms with Gasteiger partial charge in [0, 0.05) is 63.1 Å². The Balaban J connectivity index is 1.17. The molecule has 0 aromatic carbocycles. The third-order valence-corrected chi connectivity index (χ3v) is 7.11. The molecule has 1 fully saturated rings. The molecule has 11 nitrogen and oxygen atoms in total. The smallest absolute Gasteiger partial charge is 0.270 e. The van der Waals surface area contributed by atoms with E-state index >= 15 is 0 Å². The van der Waals surface area contributed by atoms with Crippen LogP contribution in [0.2, 0.25) is 5.15 Å². The predicted octanol–water partition coefficient (Wildman–Crippen LogP) is 0.384. The zero-order chi connectivity index (χ0) is 25.2. The number of aliphatic hydroxyl groups excluding tert-OH is 1. The minimum Gasteiger partial charge on any atom is -0.481 e. The average Bonchev–Trinajstić information content (AvgIpc) is 3.21. The number of Topliss-reactive ketones (excluding diaryl/α,β-unsaturated/α-hetero) is 1. The highest BCUT2D eigenvalue weighted by Crippen LogP contribution is 2.24.